The minimum Gasteiger partial charge on any atom is -0.480 e. The number of fused-ring (bicyclic) bond motifs is 1. The van der Waals surface area contributed by atoms with Gasteiger partial charge in [-0.25, -0.2) is 0 Å². The number of aliphatic hydroxyl groups excluding tert-OH is 1. The van der Waals surface area contributed by atoms with Gasteiger partial charge in [-0.05, 0) is 16.3 Å². The van der Waals surface area contributed by atoms with Crippen molar-refractivity contribution in [3.8, 4) is 0 Å². The van der Waals surface area contributed by atoms with Crippen molar-refractivity contribution in [2.75, 3.05) is 6.54 Å². The number of ether oxygens (including phenoxy) is 1. The molecule has 1 aliphatic heterocycles. The van der Waals surface area contributed by atoms with Crippen LogP contribution in [-0.4, -0.2) is 41.0 Å². The number of hydrogen-bond donors (Lipinski definition) is 3. The quantitative estimate of drug-likeness (QED) is 0.786. The molecule has 0 aromatic heterocycles. The molecule has 1 heterocycles. The Morgan fingerprint density at radius 1 is 1.24 bits per heavy atom. The molecular formula is C16H17NO4. The molecule has 0 unspecified atom stereocenters. The van der Waals surface area contributed by atoms with Gasteiger partial charge in [-0.3, -0.25) is 10.1 Å². The summed E-state index contributed by atoms with van der Waals surface area (Å²) in [6.07, 6.45) is -1.54. The van der Waals surface area contributed by atoms with Crippen LogP contribution in [0.15, 0.2) is 42.5 Å². The van der Waals surface area contributed by atoms with E-state index in [0.717, 1.165) is 16.3 Å². The molecule has 1 saturated heterocycles. The van der Waals surface area contributed by atoms with Crippen LogP contribution >= 0.6 is 0 Å². The van der Waals surface area contributed by atoms with Crippen molar-refractivity contribution in [3.05, 3.63) is 48.0 Å². The molecule has 2 aromatic rings. The monoisotopic (exact) mass is 287 g/mol. The number of hydrogen-bond acceptors (Lipinski definition) is 4. The highest BCUT2D eigenvalue weighted by Crippen LogP contribution is 2.21. The second-order valence-corrected chi connectivity index (χ2v) is 5.20. The van der Waals surface area contributed by atoms with Gasteiger partial charge in [-0.1, -0.05) is 42.5 Å². The standard InChI is InChI=1S/C16H17NO4/c18-15-13(8-17-14(15)16(19)20)21-9-11-6-3-5-10-4-1-2-7-12(10)11/h1-7,13-15,17-18H,8-9H2,(H,19,20)/t13-,14+,15+/m1/s1. The van der Waals surface area contributed by atoms with Crippen LogP contribution in [0.4, 0.5) is 0 Å². The van der Waals surface area contributed by atoms with E-state index in [4.69, 9.17) is 9.84 Å². The molecule has 1 fully saturated rings. The van der Waals surface area contributed by atoms with E-state index in [9.17, 15) is 9.90 Å². The fraction of sp³-hybridized carbons (Fsp3) is 0.312. The van der Waals surface area contributed by atoms with Gasteiger partial charge in [0, 0.05) is 6.54 Å². The van der Waals surface area contributed by atoms with Gasteiger partial charge in [-0.2, -0.15) is 0 Å². The maximum Gasteiger partial charge on any atom is 0.323 e. The molecule has 0 saturated carbocycles. The predicted molar refractivity (Wildman–Crippen MR) is 78.0 cm³/mol. The molecule has 110 valence electrons. The average molecular weight is 287 g/mol. The minimum absolute atomic E-state index is 0.336. The Morgan fingerprint density at radius 3 is 2.76 bits per heavy atom. The van der Waals surface area contributed by atoms with E-state index in [1.165, 1.54) is 0 Å². The van der Waals surface area contributed by atoms with Crippen LogP contribution in [0.25, 0.3) is 10.8 Å². The predicted octanol–water partition coefficient (Wildman–Crippen LogP) is 1.14. The fourth-order valence-corrected chi connectivity index (χ4v) is 2.71. The Labute approximate surface area is 122 Å². The summed E-state index contributed by atoms with van der Waals surface area (Å²) in [6.45, 7) is 0.681. The molecule has 0 bridgehead atoms. The first-order chi connectivity index (χ1) is 10.2. The van der Waals surface area contributed by atoms with E-state index in [1.54, 1.807) is 0 Å². The van der Waals surface area contributed by atoms with Crippen LogP contribution in [0.1, 0.15) is 5.56 Å². The fourth-order valence-electron chi connectivity index (χ4n) is 2.71. The van der Waals surface area contributed by atoms with Crippen molar-refractivity contribution in [1.82, 2.24) is 5.32 Å². The first-order valence-corrected chi connectivity index (χ1v) is 6.89. The Hall–Kier alpha value is -1.95. The Morgan fingerprint density at radius 2 is 2.00 bits per heavy atom. The maximum atomic E-state index is 10.9. The first kappa shape index (κ1) is 14.0. The second kappa shape index (κ2) is 5.81. The van der Waals surface area contributed by atoms with Gasteiger partial charge >= 0.3 is 5.97 Å². The largest absolute Gasteiger partial charge is 0.480 e. The SMILES string of the molecule is O=C(O)[C@H]1NC[C@@H](OCc2cccc3ccccc23)[C@@H]1O. The average Bonchev–Trinajstić information content (AvgIpc) is 2.86. The third-order valence-electron chi connectivity index (χ3n) is 3.86. The van der Waals surface area contributed by atoms with Gasteiger partial charge in [0.25, 0.3) is 0 Å². The maximum absolute atomic E-state index is 10.9. The number of benzene rings is 2. The molecule has 0 radical (unpaired) electrons. The molecular weight excluding hydrogens is 270 g/mol. The summed E-state index contributed by atoms with van der Waals surface area (Å²) in [4.78, 5) is 10.9. The third kappa shape index (κ3) is 2.76. The summed E-state index contributed by atoms with van der Waals surface area (Å²) < 4.78 is 5.71. The van der Waals surface area contributed by atoms with Gasteiger partial charge in [0.2, 0.25) is 0 Å². The van der Waals surface area contributed by atoms with E-state index >= 15 is 0 Å². The molecule has 3 rings (SSSR count). The lowest BCUT2D eigenvalue weighted by Gasteiger charge is -2.17. The van der Waals surface area contributed by atoms with Crippen molar-refractivity contribution >= 4 is 16.7 Å². The number of carbonyl (C=O) groups is 1. The zero-order chi connectivity index (χ0) is 14.8. The van der Waals surface area contributed by atoms with Crippen molar-refractivity contribution in [1.29, 1.82) is 0 Å². The van der Waals surface area contributed by atoms with Crippen LogP contribution in [-0.2, 0) is 16.1 Å². The summed E-state index contributed by atoms with van der Waals surface area (Å²) in [6, 6.07) is 13.0. The zero-order valence-corrected chi connectivity index (χ0v) is 11.4. The number of rotatable bonds is 4. The molecule has 2 aromatic carbocycles. The first-order valence-electron chi connectivity index (χ1n) is 6.89. The second-order valence-electron chi connectivity index (χ2n) is 5.20. The highest BCUT2D eigenvalue weighted by molar-refractivity contribution is 5.85. The summed E-state index contributed by atoms with van der Waals surface area (Å²) in [7, 11) is 0. The van der Waals surface area contributed by atoms with Gasteiger partial charge in [0.05, 0.1) is 12.7 Å². The molecule has 0 aliphatic carbocycles. The van der Waals surface area contributed by atoms with E-state index in [0.29, 0.717) is 13.2 Å². The minimum atomic E-state index is -1.06. The van der Waals surface area contributed by atoms with E-state index in [2.05, 4.69) is 5.32 Å². The Kier molecular flexibility index (Phi) is 3.88. The number of aliphatic hydroxyl groups is 1. The molecule has 5 heteroatoms. The normalized spacial score (nSPS) is 25.3. The number of carboxylic acid groups (broad SMARTS) is 1. The third-order valence-corrected chi connectivity index (χ3v) is 3.86. The molecule has 3 N–H and O–H groups in total. The number of nitrogens with one attached hydrogen (secondary N) is 1. The van der Waals surface area contributed by atoms with Crippen LogP contribution in [0.2, 0.25) is 0 Å². The summed E-state index contributed by atoms with van der Waals surface area (Å²) in [5.41, 5.74) is 1.03. The lowest BCUT2D eigenvalue weighted by molar-refractivity contribution is -0.142. The van der Waals surface area contributed by atoms with E-state index in [1.807, 2.05) is 42.5 Å². The van der Waals surface area contributed by atoms with Gasteiger partial charge in [0.15, 0.2) is 0 Å². The molecule has 21 heavy (non-hydrogen) atoms. The summed E-state index contributed by atoms with van der Waals surface area (Å²) >= 11 is 0. The van der Waals surface area contributed by atoms with Crippen LogP contribution < -0.4 is 5.32 Å². The van der Waals surface area contributed by atoms with Crippen molar-refractivity contribution < 1.29 is 19.7 Å². The van der Waals surface area contributed by atoms with Crippen LogP contribution in [0, 0.1) is 0 Å². The van der Waals surface area contributed by atoms with Gasteiger partial charge in [0.1, 0.15) is 12.1 Å². The Bertz CT molecular complexity index is 652. The lowest BCUT2D eigenvalue weighted by Crippen LogP contribution is -2.40. The molecule has 0 amide bonds. The molecule has 0 spiro atoms. The van der Waals surface area contributed by atoms with Gasteiger partial charge < -0.3 is 14.9 Å². The summed E-state index contributed by atoms with van der Waals surface area (Å²) in [5.74, 6) is -1.06. The topological polar surface area (TPSA) is 78.8 Å². The number of aliphatic carboxylic acids is 1. The molecule has 3 atom stereocenters. The van der Waals surface area contributed by atoms with Crippen LogP contribution in [0.3, 0.4) is 0 Å². The van der Waals surface area contributed by atoms with Crippen LogP contribution in [0.5, 0.6) is 0 Å². The van der Waals surface area contributed by atoms with Gasteiger partial charge in [-0.15, -0.1) is 0 Å². The van der Waals surface area contributed by atoms with E-state index in [-0.39, 0.29) is 0 Å². The van der Waals surface area contributed by atoms with Crippen molar-refractivity contribution in [3.63, 3.8) is 0 Å². The van der Waals surface area contributed by atoms with Crippen molar-refractivity contribution in [2.24, 2.45) is 0 Å². The van der Waals surface area contributed by atoms with E-state index < -0.39 is 24.2 Å². The molecule has 1 aliphatic rings. The lowest BCUT2D eigenvalue weighted by atomic mass is 10.1. The smallest absolute Gasteiger partial charge is 0.323 e. The Balaban J connectivity index is 1.71. The highest BCUT2D eigenvalue weighted by Gasteiger charge is 2.39. The molecule has 5 nitrogen and oxygen atoms in total. The number of carboxylic acids is 1. The zero-order valence-electron chi connectivity index (χ0n) is 11.4. The highest BCUT2D eigenvalue weighted by atomic mass is 16.5. The van der Waals surface area contributed by atoms with Crippen molar-refractivity contribution in [2.45, 2.75) is 24.9 Å². The summed E-state index contributed by atoms with van der Waals surface area (Å²) in [5, 5.41) is 23.9.